The van der Waals surface area contributed by atoms with Crippen LogP contribution < -0.4 is 16.0 Å². The Morgan fingerprint density at radius 2 is 1.95 bits per heavy atom. The number of hydrogen-bond donors (Lipinski definition) is 2. The Balaban J connectivity index is 2.35. The Bertz CT molecular complexity index is 473. The Kier molecular flexibility index (Phi) is 5.49. The van der Waals surface area contributed by atoms with Crippen LogP contribution in [0.4, 0.5) is 0 Å². The van der Waals surface area contributed by atoms with Crippen LogP contribution in [-0.4, -0.2) is 30.6 Å². The van der Waals surface area contributed by atoms with Crippen LogP contribution in [0.25, 0.3) is 0 Å². The number of halogens is 1. The quantitative estimate of drug-likeness (QED) is 0.648. The molecule has 5 heteroatoms. The van der Waals surface area contributed by atoms with Gasteiger partial charge >= 0.3 is 0 Å². The van der Waals surface area contributed by atoms with Gasteiger partial charge in [-0.1, -0.05) is 18.0 Å². The van der Waals surface area contributed by atoms with Gasteiger partial charge in [-0.2, -0.15) is 0 Å². The molecule has 1 aromatic carbocycles. The van der Waals surface area contributed by atoms with Crippen LogP contribution in [0.5, 0.6) is 5.75 Å². The lowest BCUT2D eigenvalue weighted by Gasteiger charge is -2.46. The van der Waals surface area contributed by atoms with Gasteiger partial charge < -0.3 is 4.74 Å². The second kappa shape index (κ2) is 6.97. The largest absolute Gasteiger partial charge is 0.496 e. The molecule has 21 heavy (non-hydrogen) atoms. The van der Waals surface area contributed by atoms with Crippen molar-refractivity contribution in [2.24, 2.45) is 5.84 Å². The Labute approximate surface area is 132 Å². The van der Waals surface area contributed by atoms with Gasteiger partial charge in [0.15, 0.2) is 0 Å². The first-order valence-electron chi connectivity index (χ1n) is 7.55. The van der Waals surface area contributed by atoms with Gasteiger partial charge in [0.2, 0.25) is 0 Å². The zero-order valence-electron chi connectivity index (χ0n) is 13.2. The molecule has 0 saturated carbocycles. The van der Waals surface area contributed by atoms with Gasteiger partial charge in [-0.25, -0.2) is 0 Å². The van der Waals surface area contributed by atoms with Crippen molar-refractivity contribution < 1.29 is 4.74 Å². The highest BCUT2D eigenvalue weighted by Gasteiger charge is 2.37. The molecule has 1 aliphatic heterocycles. The van der Waals surface area contributed by atoms with Crippen molar-refractivity contribution in [1.29, 1.82) is 0 Å². The molecule has 0 radical (unpaired) electrons. The second-order valence-electron chi connectivity index (χ2n) is 6.19. The van der Waals surface area contributed by atoms with E-state index in [0.29, 0.717) is 5.02 Å². The third-order valence-electron chi connectivity index (χ3n) is 4.55. The van der Waals surface area contributed by atoms with Crippen LogP contribution in [0, 0.1) is 0 Å². The van der Waals surface area contributed by atoms with E-state index in [9.17, 15) is 0 Å². The topological polar surface area (TPSA) is 50.5 Å². The Morgan fingerprint density at radius 1 is 1.29 bits per heavy atom. The normalized spacial score (nSPS) is 18.5. The average Bonchev–Trinajstić information content (AvgIpc) is 2.49. The zero-order valence-corrected chi connectivity index (χ0v) is 13.9. The van der Waals surface area contributed by atoms with Gasteiger partial charge in [0.1, 0.15) is 5.75 Å². The summed E-state index contributed by atoms with van der Waals surface area (Å²) in [7, 11) is 1.67. The molecule has 2 rings (SSSR count). The highest BCUT2D eigenvalue weighted by Crippen LogP contribution is 2.37. The van der Waals surface area contributed by atoms with Crippen molar-refractivity contribution in [3.05, 3.63) is 28.8 Å². The summed E-state index contributed by atoms with van der Waals surface area (Å²) in [6.07, 6.45) is 3.80. The Morgan fingerprint density at radius 3 is 2.52 bits per heavy atom. The van der Waals surface area contributed by atoms with Crippen molar-refractivity contribution in [3.63, 3.8) is 0 Å². The average molecular weight is 312 g/mol. The highest BCUT2D eigenvalue weighted by atomic mass is 35.5. The third-order valence-corrected chi connectivity index (χ3v) is 4.78. The first-order valence-corrected chi connectivity index (χ1v) is 7.93. The molecule has 118 valence electrons. The number of hydrazine groups is 1. The van der Waals surface area contributed by atoms with Crippen molar-refractivity contribution in [2.75, 3.05) is 20.2 Å². The number of rotatable bonds is 5. The van der Waals surface area contributed by atoms with E-state index in [1.54, 1.807) is 7.11 Å². The second-order valence-corrected chi connectivity index (χ2v) is 6.62. The number of ether oxygens (including phenoxy) is 1. The molecule has 1 atom stereocenters. The van der Waals surface area contributed by atoms with Crippen molar-refractivity contribution in [3.8, 4) is 5.75 Å². The molecular formula is C16H26ClN3O. The summed E-state index contributed by atoms with van der Waals surface area (Å²) in [4.78, 5) is 2.50. The van der Waals surface area contributed by atoms with E-state index in [1.165, 1.54) is 19.3 Å². The number of methoxy groups -OCH3 is 1. The standard InChI is InChI=1S/C16H26ClN3O/c1-16(2,20-9-5-4-6-10-20)15(19-18)13-11-12(17)7-8-14(13)21-3/h7-8,11,15,19H,4-6,9-10,18H2,1-3H3. The molecule has 1 unspecified atom stereocenters. The monoisotopic (exact) mass is 311 g/mol. The molecule has 1 aliphatic rings. The molecule has 1 aromatic rings. The molecule has 1 saturated heterocycles. The molecular weight excluding hydrogens is 286 g/mol. The lowest BCUT2D eigenvalue weighted by molar-refractivity contribution is 0.0600. The lowest BCUT2D eigenvalue weighted by Crippen LogP contribution is -2.55. The summed E-state index contributed by atoms with van der Waals surface area (Å²) in [6.45, 7) is 6.66. The number of nitrogens with zero attached hydrogens (tertiary/aromatic N) is 1. The number of hydrogen-bond acceptors (Lipinski definition) is 4. The molecule has 3 N–H and O–H groups in total. The van der Waals surface area contributed by atoms with E-state index < -0.39 is 0 Å². The van der Waals surface area contributed by atoms with Gasteiger partial charge in [0.25, 0.3) is 0 Å². The molecule has 0 amide bonds. The molecule has 1 heterocycles. The van der Waals surface area contributed by atoms with E-state index in [4.69, 9.17) is 22.2 Å². The van der Waals surface area contributed by atoms with Crippen LogP contribution in [0.1, 0.15) is 44.7 Å². The fraction of sp³-hybridized carbons (Fsp3) is 0.625. The van der Waals surface area contributed by atoms with Crippen LogP contribution >= 0.6 is 11.6 Å². The van der Waals surface area contributed by atoms with Crippen LogP contribution in [0.2, 0.25) is 5.02 Å². The zero-order chi connectivity index (χ0) is 15.5. The van der Waals surface area contributed by atoms with Crippen molar-refractivity contribution >= 4 is 11.6 Å². The van der Waals surface area contributed by atoms with E-state index in [-0.39, 0.29) is 11.6 Å². The number of piperidine rings is 1. The van der Waals surface area contributed by atoms with Crippen LogP contribution in [-0.2, 0) is 0 Å². The van der Waals surface area contributed by atoms with E-state index in [1.807, 2.05) is 18.2 Å². The fourth-order valence-corrected chi connectivity index (χ4v) is 3.44. The lowest BCUT2D eigenvalue weighted by atomic mass is 9.85. The maximum Gasteiger partial charge on any atom is 0.123 e. The highest BCUT2D eigenvalue weighted by molar-refractivity contribution is 6.30. The smallest absolute Gasteiger partial charge is 0.123 e. The minimum Gasteiger partial charge on any atom is -0.496 e. The molecule has 0 aromatic heterocycles. The number of benzene rings is 1. The maximum atomic E-state index is 6.17. The molecule has 0 spiro atoms. The predicted molar refractivity (Wildman–Crippen MR) is 87.6 cm³/mol. The van der Waals surface area contributed by atoms with Gasteiger partial charge in [-0.15, -0.1) is 0 Å². The third kappa shape index (κ3) is 3.51. The molecule has 4 nitrogen and oxygen atoms in total. The van der Waals surface area contributed by atoms with E-state index in [2.05, 4.69) is 24.2 Å². The summed E-state index contributed by atoms with van der Waals surface area (Å²) in [5, 5.41) is 0.695. The molecule has 0 bridgehead atoms. The van der Waals surface area contributed by atoms with Gasteiger partial charge in [-0.3, -0.25) is 16.2 Å². The Hall–Kier alpha value is -0.810. The summed E-state index contributed by atoms with van der Waals surface area (Å²) in [5.41, 5.74) is 3.86. The van der Waals surface area contributed by atoms with Crippen LogP contribution in [0.15, 0.2) is 18.2 Å². The number of nitrogens with two attached hydrogens (primary N) is 1. The summed E-state index contributed by atoms with van der Waals surface area (Å²) < 4.78 is 5.49. The number of likely N-dealkylation sites (tertiary alicyclic amines) is 1. The first kappa shape index (κ1) is 16.6. The van der Waals surface area contributed by atoms with Crippen molar-refractivity contribution in [1.82, 2.24) is 10.3 Å². The van der Waals surface area contributed by atoms with Gasteiger partial charge in [0.05, 0.1) is 13.2 Å². The first-order chi connectivity index (χ1) is 10.0. The summed E-state index contributed by atoms with van der Waals surface area (Å²) >= 11 is 6.17. The molecule has 1 fully saturated rings. The minimum absolute atomic E-state index is 0.0516. The molecule has 0 aliphatic carbocycles. The summed E-state index contributed by atoms with van der Waals surface area (Å²) in [6, 6.07) is 5.63. The van der Waals surface area contributed by atoms with E-state index >= 15 is 0 Å². The van der Waals surface area contributed by atoms with E-state index in [0.717, 1.165) is 24.4 Å². The number of nitrogens with one attached hydrogen (secondary N) is 1. The van der Waals surface area contributed by atoms with Crippen molar-refractivity contribution in [2.45, 2.75) is 44.7 Å². The van der Waals surface area contributed by atoms with Gasteiger partial charge in [0, 0.05) is 16.1 Å². The fourth-order valence-electron chi connectivity index (χ4n) is 3.26. The SMILES string of the molecule is COc1ccc(Cl)cc1C(NN)C(C)(C)N1CCCCC1. The maximum absolute atomic E-state index is 6.17. The van der Waals surface area contributed by atoms with Gasteiger partial charge in [-0.05, 0) is 58.0 Å². The van der Waals surface area contributed by atoms with Crippen LogP contribution in [0.3, 0.4) is 0 Å². The predicted octanol–water partition coefficient (Wildman–Crippen LogP) is 3.12. The summed E-state index contributed by atoms with van der Waals surface area (Å²) in [5.74, 6) is 6.71. The minimum atomic E-state index is -0.118.